The second-order valence-electron chi connectivity index (χ2n) is 4.41. The molecule has 0 N–H and O–H groups in total. The van der Waals surface area contributed by atoms with Crippen LogP contribution in [0.1, 0.15) is 5.56 Å². The van der Waals surface area contributed by atoms with Crippen LogP contribution in [0.25, 0.3) is 0 Å². The number of hydrogen-bond donors (Lipinski definition) is 0. The first-order valence-corrected chi connectivity index (χ1v) is 9.39. The van der Waals surface area contributed by atoms with Crippen molar-refractivity contribution in [2.75, 3.05) is 12.0 Å². The van der Waals surface area contributed by atoms with Crippen molar-refractivity contribution in [1.82, 2.24) is 0 Å². The Morgan fingerprint density at radius 1 is 1.05 bits per heavy atom. The largest absolute Gasteiger partial charge is 0.224 e. The maximum atomic E-state index is 11.7. The van der Waals surface area contributed by atoms with Gasteiger partial charge in [0.15, 0.2) is 9.84 Å². The van der Waals surface area contributed by atoms with Crippen molar-refractivity contribution in [3.05, 3.63) is 59.1 Å². The quantitative estimate of drug-likeness (QED) is 0.776. The van der Waals surface area contributed by atoms with E-state index in [0.29, 0.717) is 4.90 Å². The second kappa shape index (κ2) is 6.66. The fourth-order valence-electron chi connectivity index (χ4n) is 1.85. The van der Waals surface area contributed by atoms with Crippen LogP contribution >= 0.6 is 23.4 Å². The Morgan fingerprint density at radius 3 is 2.40 bits per heavy atom. The number of benzene rings is 2. The third kappa shape index (κ3) is 4.01. The molecule has 0 atom stereocenters. The van der Waals surface area contributed by atoms with Gasteiger partial charge >= 0.3 is 0 Å². The predicted molar refractivity (Wildman–Crippen MR) is 85.4 cm³/mol. The normalized spacial score (nSPS) is 11.5. The first kappa shape index (κ1) is 15.4. The third-order valence-electron chi connectivity index (χ3n) is 2.84. The van der Waals surface area contributed by atoms with Crippen molar-refractivity contribution in [3.8, 4) is 0 Å². The molecule has 2 nitrogen and oxygen atoms in total. The summed E-state index contributed by atoms with van der Waals surface area (Å²) in [6.07, 6.45) is 2.04. The van der Waals surface area contributed by atoms with Gasteiger partial charge in [0, 0.05) is 21.9 Å². The van der Waals surface area contributed by atoms with Crippen LogP contribution in [0.5, 0.6) is 0 Å². The van der Waals surface area contributed by atoms with Crippen LogP contribution in [0, 0.1) is 0 Å². The van der Waals surface area contributed by atoms with Gasteiger partial charge in [0.1, 0.15) is 0 Å². The molecule has 0 radical (unpaired) electrons. The van der Waals surface area contributed by atoms with Crippen LogP contribution in [0.15, 0.2) is 58.3 Å². The predicted octanol–water partition coefficient (Wildman–Crippen LogP) is 4.08. The van der Waals surface area contributed by atoms with E-state index in [9.17, 15) is 8.42 Å². The number of rotatable bonds is 5. The molecule has 2 aromatic carbocycles. The van der Waals surface area contributed by atoms with Gasteiger partial charge < -0.3 is 0 Å². The summed E-state index contributed by atoms with van der Waals surface area (Å²) in [4.78, 5) is 1.19. The molecule has 0 amide bonds. The molecule has 0 aliphatic heterocycles. The molecule has 2 rings (SSSR count). The topological polar surface area (TPSA) is 34.1 Å². The summed E-state index contributed by atoms with van der Waals surface area (Å²) >= 11 is 7.64. The average Bonchev–Trinajstić information content (AvgIpc) is 2.40. The number of aryl methyl sites for hydroxylation is 1. The Morgan fingerprint density at radius 2 is 1.70 bits per heavy atom. The van der Waals surface area contributed by atoms with E-state index in [4.69, 9.17) is 11.6 Å². The van der Waals surface area contributed by atoms with Gasteiger partial charge in [-0.3, -0.25) is 0 Å². The van der Waals surface area contributed by atoms with Crippen LogP contribution in [0.3, 0.4) is 0 Å². The fourth-order valence-corrected chi connectivity index (χ4v) is 4.40. The van der Waals surface area contributed by atoms with Crippen LogP contribution in [0.2, 0.25) is 5.02 Å². The van der Waals surface area contributed by atoms with Crippen molar-refractivity contribution in [2.45, 2.75) is 16.2 Å². The van der Waals surface area contributed by atoms with Crippen molar-refractivity contribution in [3.63, 3.8) is 0 Å². The molecule has 0 aliphatic rings. The second-order valence-corrected chi connectivity index (χ2v) is 7.94. The smallest absolute Gasteiger partial charge is 0.176 e. The van der Waals surface area contributed by atoms with Crippen molar-refractivity contribution in [2.24, 2.45) is 0 Å². The van der Waals surface area contributed by atoms with Crippen molar-refractivity contribution in [1.29, 1.82) is 0 Å². The van der Waals surface area contributed by atoms with Gasteiger partial charge in [-0.25, -0.2) is 8.42 Å². The van der Waals surface area contributed by atoms with Gasteiger partial charge in [0.25, 0.3) is 0 Å². The first-order valence-electron chi connectivity index (χ1n) is 6.14. The SMILES string of the molecule is CS(=O)(=O)c1ccccc1SCCc1ccccc1Cl. The van der Waals surface area contributed by atoms with Crippen LogP contribution in [0.4, 0.5) is 0 Å². The number of sulfone groups is 1. The monoisotopic (exact) mass is 326 g/mol. The highest BCUT2D eigenvalue weighted by molar-refractivity contribution is 8.00. The van der Waals surface area contributed by atoms with E-state index in [1.807, 2.05) is 36.4 Å². The van der Waals surface area contributed by atoms with Gasteiger partial charge in [0.2, 0.25) is 0 Å². The molecule has 0 bridgehead atoms. The molecule has 106 valence electrons. The molecule has 5 heteroatoms. The maximum Gasteiger partial charge on any atom is 0.176 e. The molecular formula is C15H15ClO2S2. The minimum absolute atomic E-state index is 0.393. The van der Waals surface area contributed by atoms with E-state index < -0.39 is 9.84 Å². The Labute approximate surface area is 129 Å². The third-order valence-corrected chi connectivity index (χ3v) is 5.56. The lowest BCUT2D eigenvalue weighted by Gasteiger charge is -2.08. The minimum atomic E-state index is -3.18. The highest BCUT2D eigenvalue weighted by atomic mass is 35.5. The van der Waals surface area contributed by atoms with Crippen LogP contribution < -0.4 is 0 Å². The minimum Gasteiger partial charge on any atom is -0.224 e. The Balaban J connectivity index is 2.07. The standard InChI is InChI=1S/C15H15ClO2S2/c1-20(17,18)15-9-5-4-8-14(15)19-11-10-12-6-2-3-7-13(12)16/h2-9H,10-11H2,1H3. The van der Waals surface area contributed by atoms with Gasteiger partial charge in [-0.15, -0.1) is 11.8 Å². The molecular weight excluding hydrogens is 312 g/mol. The molecule has 0 aromatic heterocycles. The molecule has 0 saturated heterocycles. The Kier molecular flexibility index (Phi) is 5.13. The molecule has 2 aromatic rings. The molecule has 0 fully saturated rings. The van der Waals surface area contributed by atoms with Gasteiger partial charge in [0.05, 0.1) is 4.90 Å². The number of halogens is 1. The van der Waals surface area contributed by atoms with Crippen LogP contribution in [-0.4, -0.2) is 20.4 Å². The average molecular weight is 327 g/mol. The van der Waals surface area contributed by atoms with E-state index >= 15 is 0 Å². The summed E-state index contributed by atoms with van der Waals surface area (Å²) in [5, 5.41) is 0.754. The summed E-state index contributed by atoms with van der Waals surface area (Å²) in [5.74, 6) is 0.788. The summed E-state index contributed by atoms with van der Waals surface area (Å²) in [6.45, 7) is 0. The molecule has 0 aliphatic carbocycles. The highest BCUT2D eigenvalue weighted by Gasteiger charge is 2.12. The van der Waals surface area contributed by atoms with Gasteiger partial charge in [-0.1, -0.05) is 41.9 Å². The fraction of sp³-hybridized carbons (Fsp3) is 0.200. The van der Waals surface area contributed by atoms with E-state index in [0.717, 1.165) is 27.7 Å². The van der Waals surface area contributed by atoms with Crippen molar-refractivity contribution < 1.29 is 8.42 Å². The zero-order chi connectivity index (χ0) is 14.6. The lowest BCUT2D eigenvalue weighted by molar-refractivity contribution is 0.600. The number of thioether (sulfide) groups is 1. The molecule has 0 saturated carbocycles. The summed E-state index contributed by atoms with van der Waals surface area (Å²) in [7, 11) is -3.18. The summed E-state index contributed by atoms with van der Waals surface area (Å²) in [5.41, 5.74) is 1.08. The zero-order valence-electron chi connectivity index (χ0n) is 11.0. The molecule has 0 unspecified atom stereocenters. The van der Waals surface area contributed by atoms with Crippen molar-refractivity contribution >= 4 is 33.2 Å². The lowest BCUT2D eigenvalue weighted by atomic mass is 10.2. The summed E-state index contributed by atoms with van der Waals surface area (Å²) < 4.78 is 23.4. The maximum absolute atomic E-state index is 11.7. The molecule has 0 spiro atoms. The van der Waals surface area contributed by atoms with E-state index in [-0.39, 0.29) is 0 Å². The van der Waals surface area contributed by atoms with E-state index in [1.54, 1.807) is 12.1 Å². The van der Waals surface area contributed by atoms with Crippen LogP contribution in [-0.2, 0) is 16.3 Å². The number of hydrogen-bond acceptors (Lipinski definition) is 3. The zero-order valence-corrected chi connectivity index (χ0v) is 13.4. The molecule has 20 heavy (non-hydrogen) atoms. The molecule has 0 heterocycles. The van der Waals surface area contributed by atoms with Gasteiger partial charge in [-0.2, -0.15) is 0 Å². The Bertz CT molecular complexity index is 697. The summed E-state index contributed by atoms with van der Waals surface area (Å²) in [6, 6.07) is 14.8. The van der Waals surface area contributed by atoms with E-state index in [2.05, 4.69) is 0 Å². The lowest BCUT2D eigenvalue weighted by Crippen LogP contribution is -1.99. The van der Waals surface area contributed by atoms with Gasteiger partial charge in [-0.05, 0) is 30.2 Å². The highest BCUT2D eigenvalue weighted by Crippen LogP contribution is 2.27. The Hall–Kier alpha value is -0.970. The first-order chi connectivity index (χ1) is 9.48. The van der Waals surface area contributed by atoms with E-state index in [1.165, 1.54) is 18.0 Å².